The minimum atomic E-state index is -1.18. The smallest absolute Gasteiger partial charge is 0.354 e. The zero-order valence-electron chi connectivity index (χ0n) is 11.0. The molecular formula is C12H18N4O3. The van der Waals surface area contributed by atoms with Crippen LogP contribution in [0, 0.1) is 5.92 Å². The van der Waals surface area contributed by atoms with E-state index in [-0.39, 0.29) is 17.4 Å². The molecule has 1 aromatic heterocycles. The molecule has 104 valence electrons. The molecule has 1 saturated heterocycles. The van der Waals surface area contributed by atoms with Gasteiger partial charge in [0.05, 0.1) is 6.33 Å². The summed E-state index contributed by atoms with van der Waals surface area (Å²) < 4.78 is 0. The lowest BCUT2D eigenvalue weighted by Crippen LogP contribution is -2.49. The molecule has 3 N–H and O–H groups in total. The van der Waals surface area contributed by atoms with Gasteiger partial charge in [0.2, 0.25) is 0 Å². The minimum absolute atomic E-state index is 0.0568. The number of rotatable bonds is 3. The van der Waals surface area contributed by atoms with Crippen LogP contribution in [-0.2, 0) is 0 Å². The molecule has 0 aliphatic carbocycles. The Morgan fingerprint density at radius 1 is 1.58 bits per heavy atom. The number of aromatic nitrogens is 2. The van der Waals surface area contributed by atoms with Crippen molar-refractivity contribution in [2.24, 2.45) is 5.92 Å². The van der Waals surface area contributed by atoms with Gasteiger partial charge in [-0.2, -0.15) is 0 Å². The summed E-state index contributed by atoms with van der Waals surface area (Å²) >= 11 is 0. The average Bonchev–Trinajstić information content (AvgIpc) is 2.82. The molecular weight excluding hydrogens is 248 g/mol. The Morgan fingerprint density at radius 3 is 2.95 bits per heavy atom. The predicted molar refractivity (Wildman–Crippen MR) is 68.1 cm³/mol. The minimum Gasteiger partial charge on any atom is -0.477 e. The Labute approximate surface area is 111 Å². The summed E-state index contributed by atoms with van der Waals surface area (Å²) in [6, 6.07) is 0.0574. The molecule has 19 heavy (non-hydrogen) atoms. The third-order valence-electron chi connectivity index (χ3n) is 3.49. The van der Waals surface area contributed by atoms with E-state index in [4.69, 9.17) is 5.11 Å². The van der Waals surface area contributed by atoms with Crippen molar-refractivity contribution in [3.63, 3.8) is 0 Å². The van der Waals surface area contributed by atoms with Gasteiger partial charge in [0, 0.05) is 12.6 Å². The van der Waals surface area contributed by atoms with Crippen molar-refractivity contribution >= 4 is 11.9 Å². The second-order valence-electron chi connectivity index (χ2n) is 5.04. The van der Waals surface area contributed by atoms with Gasteiger partial charge in [-0.25, -0.2) is 9.78 Å². The average molecular weight is 266 g/mol. The maximum Gasteiger partial charge on any atom is 0.354 e. The first kappa shape index (κ1) is 13.5. The van der Waals surface area contributed by atoms with Gasteiger partial charge in [-0.3, -0.25) is 4.79 Å². The molecule has 0 bridgehead atoms. The Bertz CT molecular complexity index is 485. The molecule has 0 radical (unpaired) electrons. The van der Waals surface area contributed by atoms with Gasteiger partial charge in [-0.1, -0.05) is 6.92 Å². The zero-order chi connectivity index (χ0) is 14.0. The summed E-state index contributed by atoms with van der Waals surface area (Å²) in [5.74, 6) is -1.28. The SMILES string of the molecule is CC1CN(C)CCC1NC(=O)c1nc[nH]c1C(=O)O. The standard InChI is InChI=1S/C12H18N4O3/c1-7-5-16(2)4-3-8(7)15-11(17)9-10(12(18)19)14-6-13-9/h6-8H,3-5H2,1-2H3,(H,13,14)(H,15,17)(H,18,19). The topological polar surface area (TPSA) is 98.3 Å². The van der Waals surface area contributed by atoms with Crippen LogP contribution in [0.5, 0.6) is 0 Å². The fourth-order valence-electron chi connectivity index (χ4n) is 2.43. The van der Waals surface area contributed by atoms with Crippen molar-refractivity contribution in [3.8, 4) is 0 Å². The lowest BCUT2D eigenvalue weighted by atomic mass is 9.94. The van der Waals surface area contributed by atoms with E-state index in [0.29, 0.717) is 5.92 Å². The molecule has 2 rings (SSSR count). The summed E-state index contributed by atoms with van der Waals surface area (Å²) in [5, 5.41) is 11.8. The van der Waals surface area contributed by atoms with Crippen LogP contribution in [0.2, 0.25) is 0 Å². The number of carbonyl (C=O) groups is 2. The second-order valence-corrected chi connectivity index (χ2v) is 5.04. The van der Waals surface area contributed by atoms with Crippen molar-refractivity contribution in [1.29, 1.82) is 0 Å². The van der Waals surface area contributed by atoms with Crippen LogP contribution in [0.4, 0.5) is 0 Å². The first-order valence-electron chi connectivity index (χ1n) is 6.25. The molecule has 0 saturated carbocycles. The van der Waals surface area contributed by atoms with Crippen LogP contribution >= 0.6 is 0 Å². The van der Waals surface area contributed by atoms with E-state index in [1.165, 1.54) is 6.33 Å². The van der Waals surface area contributed by atoms with Gasteiger partial charge in [-0.15, -0.1) is 0 Å². The number of carbonyl (C=O) groups excluding carboxylic acids is 1. The van der Waals surface area contributed by atoms with Crippen molar-refractivity contribution in [2.75, 3.05) is 20.1 Å². The quantitative estimate of drug-likeness (QED) is 0.725. The van der Waals surface area contributed by atoms with Crippen LogP contribution in [0.1, 0.15) is 34.3 Å². The number of amides is 1. The number of H-pyrrole nitrogens is 1. The predicted octanol–water partition coefficient (Wildman–Crippen LogP) is 0.178. The summed E-state index contributed by atoms with van der Waals surface area (Å²) in [6.45, 7) is 3.90. The molecule has 1 amide bonds. The molecule has 2 heterocycles. The van der Waals surface area contributed by atoms with Gasteiger partial charge < -0.3 is 20.3 Å². The monoisotopic (exact) mass is 266 g/mol. The summed E-state index contributed by atoms with van der Waals surface area (Å²) in [6.07, 6.45) is 2.08. The molecule has 1 aliphatic rings. The number of imidazole rings is 1. The van der Waals surface area contributed by atoms with Gasteiger partial charge in [0.15, 0.2) is 11.4 Å². The van der Waals surface area contributed by atoms with E-state index < -0.39 is 11.9 Å². The number of aromatic amines is 1. The second kappa shape index (κ2) is 5.40. The molecule has 2 atom stereocenters. The number of carboxylic acids is 1. The largest absolute Gasteiger partial charge is 0.477 e. The molecule has 1 aliphatic heterocycles. The fraction of sp³-hybridized carbons (Fsp3) is 0.583. The molecule has 2 unspecified atom stereocenters. The number of piperidine rings is 1. The van der Waals surface area contributed by atoms with E-state index in [1.54, 1.807) is 0 Å². The van der Waals surface area contributed by atoms with Crippen LogP contribution in [-0.4, -0.2) is 58.0 Å². The molecule has 7 nitrogen and oxygen atoms in total. The Morgan fingerprint density at radius 2 is 2.32 bits per heavy atom. The maximum absolute atomic E-state index is 12.1. The van der Waals surface area contributed by atoms with Gasteiger partial charge in [0.25, 0.3) is 5.91 Å². The third kappa shape index (κ3) is 2.93. The first-order chi connectivity index (χ1) is 8.99. The molecule has 1 fully saturated rings. The number of carboxylic acid groups (broad SMARTS) is 1. The van der Waals surface area contributed by atoms with E-state index in [0.717, 1.165) is 19.5 Å². The number of nitrogens with one attached hydrogen (secondary N) is 2. The molecule has 7 heteroatoms. The van der Waals surface area contributed by atoms with Crippen molar-refractivity contribution in [2.45, 2.75) is 19.4 Å². The number of nitrogens with zero attached hydrogens (tertiary/aromatic N) is 2. The molecule has 1 aromatic rings. The van der Waals surface area contributed by atoms with E-state index >= 15 is 0 Å². The molecule has 0 spiro atoms. The van der Waals surface area contributed by atoms with Crippen molar-refractivity contribution in [3.05, 3.63) is 17.7 Å². The first-order valence-corrected chi connectivity index (χ1v) is 6.25. The van der Waals surface area contributed by atoms with Crippen molar-refractivity contribution < 1.29 is 14.7 Å². The number of likely N-dealkylation sites (tertiary alicyclic amines) is 1. The number of aromatic carboxylic acids is 1. The third-order valence-corrected chi connectivity index (χ3v) is 3.49. The van der Waals surface area contributed by atoms with Crippen LogP contribution < -0.4 is 5.32 Å². The van der Waals surface area contributed by atoms with Crippen LogP contribution in [0.15, 0.2) is 6.33 Å². The highest BCUT2D eigenvalue weighted by Crippen LogP contribution is 2.16. The molecule has 0 aromatic carbocycles. The number of hydrogen-bond donors (Lipinski definition) is 3. The Kier molecular flexibility index (Phi) is 3.84. The highest BCUT2D eigenvalue weighted by molar-refractivity contribution is 6.02. The van der Waals surface area contributed by atoms with E-state index in [1.807, 2.05) is 7.05 Å². The lowest BCUT2D eigenvalue weighted by Gasteiger charge is -2.35. The Balaban J connectivity index is 2.05. The van der Waals surface area contributed by atoms with Crippen molar-refractivity contribution in [1.82, 2.24) is 20.2 Å². The summed E-state index contributed by atoms with van der Waals surface area (Å²) in [4.78, 5) is 31.4. The summed E-state index contributed by atoms with van der Waals surface area (Å²) in [7, 11) is 2.05. The zero-order valence-corrected chi connectivity index (χ0v) is 11.0. The highest BCUT2D eigenvalue weighted by Gasteiger charge is 2.28. The van der Waals surface area contributed by atoms with Gasteiger partial charge in [-0.05, 0) is 25.9 Å². The van der Waals surface area contributed by atoms with E-state index in [9.17, 15) is 9.59 Å². The van der Waals surface area contributed by atoms with Crippen LogP contribution in [0.3, 0.4) is 0 Å². The lowest BCUT2D eigenvalue weighted by molar-refractivity contribution is 0.0683. The summed E-state index contributed by atoms with van der Waals surface area (Å²) in [5.41, 5.74) is -0.225. The Hall–Kier alpha value is -1.89. The number of hydrogen-bond acceptors (Lipinski definition) is 4. The van der Waals surface area contributed by atoms with E-state index in [2.05, 4.69) is 27.1 Å². The highest BCUT2D eigenvalue weighted by atomic mass is 16.4. The fourth-order valence-corrected chi connectivity index (χ4v) is 2.43. The normalized spacial score (nSPS) is 24.1. The van der Waals surface area contributed by atoms with Gasteiger partial charge >= 0.3 is 5.97 Å². The van der Waals surface area contributed by atoms with Crippen LogP contribution in [0.25, 0.3) is 0 Å². The van der Waals surface area contributed by atoms with Gasteiger partial charge in [0.1, 0.15) is 0 Å². The maximum atomic E-state index is 12.1.